The molecule has 0 aromatic heterocycles. The lowest BCUT2D eigenvalue weighted by Gasteiger charge is -2.09. The fraction of sp³-hybridized carbons (Fsp3) is 0.143. The van der Waals surface area contributed by atoms with E-state index in [0.717, 1.165) is 13.1 Å². The van der Waals surface area contributed by atoms with Crippen molar-refractivity contribution >= 4 is 56.6 Å². The van der Waals surface area contributed by atoms with Crippen molar-refractivity contribution in [2.75, 3.05) is 23.7 Å². The van der Waals surface area contributed by atoms with Crippen molar-refractivity contribution in [3.05, 3.63) is 55.7 Å². The number of halogens is 2. The van der Waals surface area contributed by atoms with Gasteiger partial charge in [0.1, 0.15) is 0 Å². The second-order valence-corrected chi connectivity index (χ2v) is 6.37. The van der Waals surface area contributed by atoms with Crippen LogP contribution in [0, 0.1) is 7.14 Å². The maximum absolute atomic E-state index is 3.40. The molecule has 2 rings (SSSR count). The molecule has 18 heavy (non-hydrogen) atoms. The van der Waals surface area contributed by atoms with Crippen molar-refractivity contribution < 1.29 is 0 Å². The lowest BCUT2D eigenvalue weighted by atomic mass is 10.3. The van der Waals surface area contributed by atoms with Gasteiger partial charge in [-0.3, -0.25) is 0 Å². The summed E-state index contributed by atoms with van der Waals surface area (Å²) in [7, 11) is 0. The van der Waals surface area contributed by atoms with Gasteiger partial charge in [0.2, 0.25) is 0 Å². The second kappa shape index (κ2) is 7.18. The second-order valence-electron chi connectivity index (χ2n) is 3.87. The van der Waals surface area contributed by atoms with Gasteiger partial charge in [0.15, 0.2) is 0 Å². The Bertz CT molecular complexity index is 467. The summed E-state index contributed by atoms with van der Waals surface area (Å²) in [6.07, 6.45) is 0. The molecule has 0 aliphatic heterocycles. The average Bonchev–Trinajstić information content (AvgIpc) is 2.35. The Labute approximate surface area is 135 Å². The summed E-state index contributed by atoms with van der Waals surface area (Å²) in [6.45, 7) is 1.82. The molecule has 2 aromatic carbocycles. The van der Waals surface area contributed by atoms with Gasteiger partial charge in [0.25, 0.3) is 0 Å². The summed E-state index contributed by atoms with van der Waals surface area (Å²) in [5, 5.41) is 6.80. The topological polar surface area (TPSA) is 24.1 Å². The highest BCUT2D eigenvalue weighted by atomic mass is 127. The summed E-state index contributed by atoms with van der Waals surface area (Å²) in [5.41, 5.74) is 2.35. The van der Waals surface area contributed by atoms with E-state index in [1.165, 1.54) is 18.5 Å². The van der Waals surface area contributed by atoms with E-state index < -0.39 is 0 Å². The molecule has 2 aromatic rings. The van der Waals surface area contributed by atoms with Gasteiger partial charge in [-0.05, 0) is 81.6 Å². The van der Waals surface area contributed by atoms with Gasteiger partial charge in [0, 0.05) is 31.6 Å². The lowest BCUT2D eigenvalue weighted by molar-refractivity contribution is 1.08. The number of hydrogen-bond donors (Lipinski definition) is 2. The third-order valence-electron chi connectivity index (χ3n) is 2.43. The molecule has 0 saturated carbocycles. The largest absolute Gasteiger partial charge is 0.383 e. The molecule has 0 fully saturated rings. The molecule has 0 heterocycles. The molecule has 0 radical (unpaired) electrons. The molecule has 0 aliphatic rings. The van der Waals surface area contributed by atoms with Crippen LogP contribution in [0.2, 0.25) is 0 Å². The van der Waals surface area contributed by atoms with Crippen LogP contribution in [0.1, 0.15) is 0 Å². The van der Waals surface area contributed by atoms with Crippen LogP contribution in [0.3, 0.4) is 0 Å². The van der Waals surface area contributed by atoms with E-state index in [9.17, 15) is 0 Å². The molecular formula is C14H14I2N2. The zero-order valence-electron chi connectivity index (χ0n) is 9.79. The molecule has 0 bridgehead atoms. The van der Waals surface area contributed by atoms with E-state index in [1.54, 1.807) is 0 Å². The molecule has 0 aliphatic carbocycles. The molecule has 2 nitrogen and oxygen atoms in total. The van der Waals surface area contributed by atoms with Gasteiger partial charge in [-0.1, -0.05) is 12.1 Å². The zero-order chi connectivity index (χ0) is 12.8. The van der Waals surface area contributed by atoms with Crippen LogP contribution in [0.4, 0.5) is 11.4 Å². The molecule has 2 N–H and O–H groups in total. The van der Waals surface area contributed by atoms with Crippen LogP contribution < -0.4 is 10.6 Å². The standard InChI is InChI=1S/C14H14I2N2/c15-11-3-1-5-13(9-11)17-7-8-18-14-6-2-4-12(16)10-14/h1-6,9-10,17-18H,7-8H2. The third-order valence-corrected chi connectivity index (χ3v) is 3.77. The van der Waals surface area contributed by atoms with E-state index in [-0.39, 0.29) is 0 Å². The molecule has 0 spiro atoms. The minimum atomic E-state index is 0.908. The van der Waals surface area contributed by atoms with Crippen LogP contribution in [-0.2, 0) is 0 Å². The van der Waals surface area contributed by atoms with Gasteiger partial charge >= 0.3 is 0 Å². The predicted octanol–water partition coefficient (Wildman–Crippen LogP) is 4.42. The van der Waals surface area contributed by atoms with Crippen LogP contribution in [0.15, 0.2) is 48.5 Å². The Balaban J connectivity index is 1.76. The smallest absolute Gasteiger partial charge is 0.0351 e. The van der Waals surface area contributed by atoms with E-state index in [1.807, 2.05) is 0 Å². The molecular weight excluding hydrogens is 450 g/mol. The molecule has 0 amide bonds. The SMILES string of the molecule is Ic1cccc(NCCNc2cccc(I)c2)c1. The first-order valence-electron chi connectivity index (χ1n) is 5.73. The molecule has 0 unspecified atom stereocenters. The fourth-order valence-electron chi connectivity index (χ4n) is 1.61. The van der Waals surface area contributed by atoms with Crippen molar-refractivity contribution in [2.24, 2.45) is 0 Å². The highest BCUT2D eigenvalue weighted by Gasteiger charge is 1.94. The third kappa shape index (κ3) is 4.64. The molecule has 94 valence electrons. The summed E-state index contributed by atoms with van der Waals surface area (Å²) in [6, 6.07) is 16.8. The summed E-state index contributed by atoms with van der Waals surface area (Å²) in [4.78, 5) is 0. The maximum Gasteiger partial charge on any atom is 0.0351 e. The van der Waals surface area contributed by atoms with Crippen molar-refractivity contribution in [1.29, 1.82) is 0 Å². The average molecular weight is 464 g/mol. The number of anilines is 2. The van der Waals surface area contributed by atoms with Crippen LogP contribution in [-0.4, -0.2) is 13.1 Å². The fourth-order valence-corrected chi connectivity index (χ4v) is 2.70. The van der Waals surface area contributed by atoms with Crippen molar-refractivity contribution in [3.8, 4) is 0 Å². The normalized spacial score (nSPS) is 10.1. The molecule has 0 atom stereocenters. The van der Waals surface area contributed by atoms with Crippen LogP contribution >= 0.6 is 45.2 Å². The highest BCUT2D eigenvalue weighted by molar-refractivity contribution is 14.1. The van der Waals surface area contributed by atoms with Crippen LogP contribution in [0.25, 0.3) is 0 Å². The minimum Gasteiger partial charge on any atom is -0.383 e. The van der Waals surface area contributed by atoms with Crippen molar-refractivity contribution in [2.45, 2.75) is 0 Å². The van der Waals surface area contributed by atoms with Gasteiger partial charge in [0.05, 0.1) is 0 Å². The summed E-state index contributed by atoms with van der Waals surface area (Å²) < 4.78 is 2.51. The van der Waals surface area contributed by atoms with Crippen molar-refractivity contribution in [3.63, 3.8) is 0 Å². The number of hydrogen-bond acceptors (Lipinski definition) is 2. The van der Waals surface area contributed by atoms with E-state index in [4.69, 9.17) is 0 Å². The Hall–Kier alpha value is -0.500. The quantitative estimate of drug-likeness (QED) is 0.506. The number of benzene rings is 2. The monoisotopic (exact) mass is 464 g/mol. The maximum atomic E-state index is 3.40. The Morgan fingerprint density at radius 3 is 1.56 bits per heavy atom. The van der Waals surface area contributed by atoms with Gasteiger partial charge < -0.3 is 10.6 Å². The summed E-state index contributed by atoms with van der Waals surface area (Å²) in [5.74, 6) is 0. The lowest BCUT2D eigenvalue weighted by Crippen LogP contribution is -2.13. The number of rotatable bonds is 5. The molecule has 4 heteroatoms. The predicted molar refractivity (Wildman–Crippen MR) is 95.3 cm³/mol. The van der Waals surface area contributed by atoms with E-state index in [2.05, 4.69) is 104 Å². The highest BCUT2D eigenvalue weighted by Crippen LogP contribution is 2.13. The Kier molecular flexibility index (Phi) is 5.55. The Morgan fingerprint density at radius 2 is 1.17 bits per heavy atom. The van der Waals surface area contributed by atoms with Crippen molar-refractivity contribution in [1.82, 2.24) is 0 Å². The first-order valence-corrected chi connectivity index (χ1v) is 7.89. The van der Waals surface area contributed by atoms with Crippen LogP contribution in [0.5, 0.6) is 0 Å². The van der Waals surface area contributed by atoms with E-state index >= 15 is 0 Å². The Morgan fingerprint density at radius 1 is 0.722 bits per heavy atom. The minimum absolute atomic E-state index is 0.908. The summed E-state index contributed by atoms with van der Waals surface area (Å²) >= 11 is 4.65. The first kappa shape index (κ1) is 13.9. The number of nitrogens with one attached hydrogen (secondary N) is 2. The van der Waals surface area contributed by atoms with Gasteiger partial charge in [-0.25, -0.2) is 0 Å². The van der Waals surface area contributed by atoms with Gasteiger partial charge in [-0.2, -0.15) is 0 Å². The first-order chi connectivity index (χ1) is 8.74. The zero-order valence-corrected chi connectivity index (χ0v) is 14.1. The molecule has 0 saturated heterocycles. The van der Waals surface area contributed by atoms with Gasteiger partial charge in [-0.15, -0.1) is 0 Å². The van der Waals surface area contributed by atoms with E-state index in [0.29, 0.717) is 0 Å².